The van der Waals surface area contributed by atoms with Crippen LogP contribution >= 0.6 is 11.6 Å². The second kappa shape index (κ2) is 7.13. The third-order valence-corrected chi connectivity index (χ3v) is 6.50. The number of aromatic amines is 1. The standard InChI is InChI=1S/C21H18ClF2N7O/c22-17-16(11-5-26-30-19(11)20(18(17)24)27-9-2-1-3-9)13-7-31-8-14(28-15(31)6-25-13)29-21(32)10-4-12(10)23/h5-10,12,27H,1-4H2,(H,26,30)(H,29,32)/t10-,12+/m1/s1. The molecule has 32 heavy (non-hydrogen) atoms. The fourth-order valence-electron chi connectivity index (χ4n) is 4.00. The maximum Gasteiger partial charge on any atom is 0.231 e. The number of alkyl halides is 1. The lowest BCUT2D eigenvalue weighted by Gasteiger charge is -2.28. The van der Waals surface area contributed by atoms with Gasteiger partial charge >= 0.3 is 0 Å². The second-order valence-electron chi connectivity index (χ2n) is 8.32. The summed E-state index contributed by atoms with van der Waals surface area (Å²) in [4.78, 5) is 20.7. The van der Waals surface area contributed by atoms with Gasteiger partial charge in [0.2, 0.25) is 5.91 Å². The van der Waals surface area contributed by atoms with Crippen LogP contribution in [0, 0.1) is 11.7 Å². The Balaban J connectivity index is 1.39. The minimum atomic E-state index is -1.09. The molecule has 1 aromatic carbocycles. The molecule has 6 rings (SSSR count). The Morgan fingerprint density at radius 1 is 1.28 bits per heavy atom. The van der Waals surface area contributed by atoms with Gasteiger partial charge in [0.1, 0.15) is 6.17 Å². The summed E-state index contributed by atoms with van der Waals surface area (Å²) < 4.78 is 30.0. The number of anilines is 2. The molecule has 0 spiro atoms. The van der Waals surface area contributed by atoms with E-state index < -0.39 is 23.8 Å². The van der Waals surface area contributed by atoms with E-state index >= 15 is 4.39 Å². The minimum Gasteiger partial charge on any atom is -0.378 e. The van der Waals surface area contributed by atoms with Gasteiger partial charge in [-0.15, -0.1) is 0 Å². The van der Waals surface area contributed by atoms with Gasteiger partial charge in [-0.1, -0.05) is 11.6 Å². The normalized spacial score (nSPS) is 20.5. The van der Waals surface area contributed by atoms with Gasteiger partial charge in [-0.2, -0.15) is 5.10 Å². The van der Waals surface area contributed by atoms with Gasteiger partial charge in [0.15, 0.2) is 17.3 Å². The Hall–Kier alpha value is -3.27. The molecule has 2 fully saturated rings. The fourth-order valence-corrected chi connectivity index (χ4v) is 4.29. The van der Waals surface area contributed by atoms with Crippen LogP contribution in [0.1, 0.15) is 25.7 Å². The second-order valence-corrected chi connectivity index (χ2v) is 8.70. The Morgan fingerprint density at radius 2 is 2.09 bits per heavy atom. The molecule has 11 heteroatoms. The molecule has 8 nitrogen and oxygen atoms in total. The lowest BCUT2D eigenvalue weighted by molar-refractivity contribution is -0.117. The fraction of sp³-hybridized carbons (Fsp3) is 0.333. The molecule has 3 aromatic heterocycles. The summed E-state index contributed by atoms with van der Waals surface area (Å²) in [7, 11) is 0. The first-order chi connectivity index (χ1) is 15.5. The molecule has 0 unspecified atom stereocenters. The topological polar surface area (TPSA) is 100 Å². The summed E-state index contributed by atoms with van der Waals surface area (Å²) in [6.07, 6.45) is 8.58. The number of hydrogen-bond acceptors (Lipinski definition) is 5. The summed E-state index contributed by atoms with van der Waals surface area (Å²) in [5, 5.41) is 13.4. The molecule has 1 amide bonds. The number of halogens is 3. The Bertz CT molecular complexity index is 1380. The van der Waals surface area contributed by atoms with E-state index in [4.69, 9.17) is 11.6 Å². The molecule has 0 aliphatic heterocycles. The Labute approximate surface area is 185 Å². The van der Waals surface area contributed by atoms with Gasteiger partial charge in [-0.25, -0.2) is 13.8 Å². The maximum atomic E-state index is 15.3. The smallest absolute Gasteiger partial charge is 0.231 e. The molecule has 2 aliphatic carbocycles. The van der Waals surface area contributed by atoms with Crippen LogP contribution in [-0.2, 0) is 4.79 Å². The summed E-state index contributed by atoms with van der Waals surface area (Å²) in [6, 6.07) is 0.218. The highest BCUT2D eigenvalue weighted by Crippen LogP contribution is 2.42. The number of nitrogens with zero attached hydrogens (tertiary/aromatic N) is 4. The number of carbonyl (C=O) groups excluding carboxylic acids is 1. The van der Waals surface area contributed by atoms with E-state index in [1.807, 2.05) is 0 Å². The van der Waals surface area contributed by atoms with E-state index in [1.54, 1.807) is 23.0 Å². The third kappa shape index (κ3) is 3.09. The van der Waals surface area contributed by atoms with Crippen molar-refractivity contribution in [2.45, 2.75) is 37.9 Å². The molecule has 2 aliphatic rings. The van der Waals surface area contributed by atoms with Gasteiger partial charge in [0, 0.05) is 23.2 Å². The molecular formula is C21H18ClF2N7O. The van der Waals surface area contributed by atoms with E-state index in [2.05, 4.69) is 30.8 Å². The number of aromatic nitrogens is 5. The molecule has 2 saturated carbocycles. The van der Waals surface area contributed by atoms with Crippen molar-refractivity contribution in [1.29, 1.82) is 0 Å². The number of benzene rings is 1. The molecule has 3 heterocycles. The maximum absolute atomic E-state index is 15.3. The van der Waals surface area contributed by atoms with Crippen LogP contribution in [-0.4, -0.2) is 42.7 Å². The molecular weight excluding hydrogens is 440 g/mol. The molecule has 3 N–H and O–H groups in total. The van der Waals surface area contributed by atoms with Crippen molar-refractivity contribution in [3.63, 3.8) is 0 Å². The van der Waals surface area contributed by atoms with Crippen LogP contribution in [0.25, 0.3) is 27.8 Å². The SMILES string of the molecule is O=C(Nc1cn2cc(-c3c(Cl)c(F)c(NC4CCC4)c4[nH]ncc34)ncc2n1)[C@@H]1C[C@@H]1F. The molecule has 0 bridgehead atoms. The Kier molecular flexibility index (Phi) is 4.32. The van der Waals surface area contributed by atoms with Crippen LogP contribution in [0.4, 0.5) is 20.3 Å². The number of carbonyl (C=O) groups is 1. The number of H-pyrrole nitrogens is 1. The van der Waals surface area contributed by atoms with Crippen LogP contribution in [0.2, 0.25) is 5.02 Å². The third-order valence-electron chi connectivity index (χ3n) is 6.14. The quantitative estimate of drug-likeness (QED) is 0.414. The zero-order valence-corrected chi connectivity index (χ0v) is 17.5. The molecule has 0 saturated heterocycles. The highest BCUT2D eigenvalue weighted by Gasteiger charge is 2.43. The van der Waals surface area contributed by atoms with Crippen molar-refractivity contribution in [3.8, 4) is 11.3 Å². The van der Waals surface area contributed by atoms with Crippen molar-refractivity contribution in [2.75, 3.05) is 10.6 Å². The van der Waals surface area contributed by atoms with E-state index in [0.29, 0.717) is 39.3 Å². The van der Waals surface area contributed by atoms with Gasteiger partial charge < -0.3 is 15.0 Å². The van der Waals surface area contributed by atoms with Crippen LogP contribution < -0.4 is 10.6 Å². The molecule has 164 valence electrons. The summed E-state index contributed by atoms with van der Waals surface area (Å²) in [6.45, 7) is 0. The summed E-state index contributed by atoms with van der Waals surface area (Å²) in [5.41, 5.74) is 2.14. The van der Waals surface area contributed by atoms with E-state index in [-0.39, 0.29) is 17.5 Å². The average molecular weight is 458 g/mol. The van der Waals surface area contributed by atoms with Crippen molar-refractivity contribution in [2.24, 2.45) is 5.92 Å². The highest BCUT2D eigenvalue weighted by molar-refractivity contribution is 6.35. The lowest BCUT2D eigenvalue weighted by atomic mass is 9.92. The van der Waals surface area contributed by atoms with Crippen LogP contribution in [0.5, 0.6) is 0 Å². The zero-order valence-electron chi connectivity index (χ0n) is 16.7. The first-order valence-corrected chi connectivity index (χ1v) is 10.8. The van der Waals surface area contributed by atoms with Gasteiger partial charge in [-0.05, 0) is 25.7 Å². The van der Waals surface area contributed by atoms with Crippen LogP contribution in [0.3, 0.4) is 0 Å². The van der Waals surface area contributed by atoms with Crippen molar-refractivity contribution >= 4 is 45.6 Å². The molecule has 0 radical (unpaired) electrons. The summed E-state index contributed by atoms with van der Waals surface area (Å²) in [5.74, 6) is -1.28. The number of hydrogen-bond donors (Lipinski definition) is 3. The number of imidazole rings is 1. The van der Waals surface area contributed by atoms with E-state index in [1.165, 1.54) is 6.20 Å². The van der Waals surface area contributed by atoms with Gasteiger partial charge in [0.05, 0.1) is 46.4 Å². The highest BCUT2D eigenvalue weighted by atomic mass is 35.5. The number of amides is 1. The van der Waals surface area contributed by atoms with Gasteiger partial charge in [0.25, 0.3) is 0 Å². The zero-order chi connectivity index (χ0) is 22.0. The predicted octanol–water partition coefficient (Wildman–Crippen LogP) is 4.33. The van der Waals surface area contributed by atoms with Crippen molar-refractivity contribution in [1.82, 2.24) is 24.6 Å². The first kappa shape index (κ1) is 19.4. The van der Waals surface area contributed by atoms with Crippen molar-refractivity contribution < 1.29 is 13.6 Å². The number of fused-ring (bicyclic) bond motifs is 2. The average Bonchev–Trinajstić information content (AvgIpc) is 3.10. The summed E-state index contributed by atoms with van der Waals surface area (Å²) >= 11 is 6.48. The number of rotatable bonds is 5. The lowest BCUT2D eigenvalue weighted by Crippen LogP contribution is -2.27. The molecule has 4 aromatic rings. The Morgan fingerprint density at radius 3 is 2.81 bits per heavy atom. The van der Waals surface area contributed by atoms with Crippen LogP contribution in [0.15, 0.2) is 24.8 Å². The van der Waals surface area contributed by atoms with E-state index in [0.717, 1.165) is 19.3 Å². The van der Waals surface area contributed by atoms with Gasteiger partial charge in [-0.3, -0.25) is 14.9 Å². The monoisotopic (exact) mass is 457 g/mol. The number of nitrogens with one attached hydrogen (secondary N) is 3. The largest absolute Gasteiger partial charge is 0.378 e. The minimum absolute atomic E-state index is 0.0519. The molecule has 2 atom stereocenters. The predicted molar refractivity (Wildman–Crippen MR) is 116 cm³/mol. The van der Waals surface area contributed by atoms with Crippen molar-refractivity contribution in [3.05, 3.63) is 35.6 Å². The first-order valence-electron chi connectivity index (χ1n) is 10.4. The van der Waals surface area contributed by atoms with E-state index in [9.17, 15) is 9.18 Å².